The molecule has 1 saturated heterocycles. The minimum Gasteiger partial charge on any atom is -0.493 e. The van der Waals surface area contributed by atoms with E-state index in [0.29, 0.717) is 12.6 Å². The second kappa shape index (κ2) is 8.52. The van der Waals surface area contributed by atoms with Gasteiger partial charge in [-0.2, -0.15) is 0 Å². The van der Waals surface area contributed by atoms with E-state index >= 15 is 0 Å². The van der Waals surface area contributed by atoms with Crippen LogP contribution < -0.4 is 15.4 Å². The Morgan fingerprint density at radius 2 is 2.00 bits per heavy atom. The number of aryl methyl sites for hydroxylation is 2. The second-order valence-corrected chi connectivity index (χ2v) is 7.60. The van der Waals surface area contributed by atoms with Gasteiger partial charge in [0.2, 0.25) is 5.91 Å². The molecule has 0 saturated carbocycles. The summed E-state index contributed by atoms with van der Waals surface area (Å²) in [5.74, 6) is 1.12. The number of carbonyl (C=O) groups is 1. The van der Waals surface area contributed by atoms with Crippen LogP contribution in [-0.2, 0) is 4.79 Å². The summed E-state index contributed by atoms with van der Waals surface area (Å²) in [6.07, 6.45) is 3.75. The second-order valence-electron chi connectivity index (χ2n) is 7.60. The topological polar surface area (TPSA) is 50.4 Å². The maximum absolute atomic E-state index is 12.5. The molecule has 0 unspecified atom stereocenters. The molecule has 1 aliphatic heterocycles. The quantitative estimate of drug-likeness (QED) is 0.753. The molecule has 0 radical (unpaired) electrons. The molecule has 2 N–H and O–H groups in total. The molecule has 1 aliphatic rings. The maximum atomic E-state index is 12.5. The first-order valence-electron chi connectivity index (χ1n) is 9.10. The molecule has 1 aromatic rings. The summed E-state index contributed by atoms with van der Waals surface area (Å²) in [4.78, 5) is 12.5. The van der Waals surface area contributed by atoms with Crippen LogP contribution in [0.15, 0.2) is 18.2 Å². The average molecular weight is 332 g/mol. The number of rotatable bonds is 7. The SMILES string of the molecule is Cc1ccc(C)c(OCCCC(C)(C)C(=O)NC2CCNCC2)c1. The van der Waals surface area contributed by atoms with Crippen molar-refractivity contribution in [2.75, 3.05) is 19.7 Å². The summed E-state index contributed by atoms with van der Waals surface area (Å²) in [5.41, 5.74) is 2.01. The van der Waals surface area contributed by atoms with Crippen LogP contribution in [0.1, 0.15) is 50.7 Å². The van der Waals surface area contributed by atoms with Gasteiger partial charge in [-0.15, -0.1) is 0 Å². The molecule has 1 amide bonds. The van der Waals surface area contributed by atoms with Crippen LogP contribution in [0.2, 0.25) is 0 Å². The number of hydrogen-bond donors (Lipinski definition) is 2. The number of piperidine rings is 1. The van der Waals surface area contributed by atoms with Crippen molar-refractivity contribution in [1.29, 1.82) is 0 Å². The summed E-state index contributed by atoms with van der Waals surface area (Å²) >= 11 is 0. The van der Waals surface area contributed by atoms with Crippen LogP contribution in [0.25, 0.3) is 0 Å². The normalized spacial score (nSPS) is 16.0. The molecule has 4 nitrogen and oxygen atoms in total. The Labute approximate surface area is 146 Å². The van der Waals surface area contributed by atoms with Gasteiger partial charge in [-0.05, 0) is 69.8 Å². The minimum absolute atomic E-state index is 0.168. The van der Waals surface area contributed by atoms with Crippen molar-refractivity contribution in [3.63, 3.8) is 0 Å². The molecular formula is C20H32N2O2. The molecule has 1 fully saturated rings. The van der Waals surface area contributed by atoms with Gasteiger partial charge in [0.15, 0.2) is 0 Å². The number of amides is 1. The number of nitrogens with one attached hydrogen (secondary N) is 2. The van der Waals surface area contributed by atoms with E-state index in [2.05, 4.69) is 42.7 Å². The van der Waals surface area contributed by atoms with E-state index in [0.717, 1.165) is 50.1 Å². The zero-order chi connectivity index (χ0) is 17.6. The van der Waals surface area contributed by atoms with Crippen LogP contribution in [0.5, 0.6) is 5.75 Å². The van der Waals surface area contributed by atoms with Gasteiger partial charge < -0.3 is 15.4 Å². The molecule has 0 aliphatic carbocycles. The Morgan fingerprint density at radius 1 is 1.29 bits per heavy atom. The van der Waals surface area contributed by atoms with Crippen molar-refractivity contribution < 1.29 is 9.53 Å². The van der Waals surface area contributed by atoms with Gasteiger partial charge in [0.1, 0.15) is 5.75 Å². The Balaban J connectivity index is 1.75. The van der Waals surface area contributed by atoms with Crippen molar-refractivity contribution in [1.82, 2.24) is 10.6 Å². The Morgan fingerprint density at radius 3 is 2.71 bits per heavy atom. The van der Waals surface area contributed by atoms with E-state index in [1.165, 1.54) is 5.56 Å². The largest absolute Gasteiger partial charge is 0.493 e. The van der Waals surface area contributed by atoms with Gasteiger partial charge in [-0.1, -0.05) is 26.0 Å². The fourth-order valence-electron chi connectivity index (χ4n) is 3.02. The van der Waals surface area contributed by atoms with Gasteiger partial charge >= 0.3 is 0 Å². The number of benzene rings is 1. The highest BCUT2D eigenvalue weighted by Gasteiger charge is 2.29. The molecular weight excluding hydrogens is 300 g/mol. The van der Waals surface area contributed by atoms with Crippen LogP contribution in [0.3, 0.4) is 0 Å². The molecule has 2 rings (SSSR count). The predicted molar refractivity (Wildman–Crippen MR) is 98.5 cm³/mol. The van der Waals surface area contributed by atoms with Gasteiger partial charge in [0.25, 0.3) is 0 Å². The lowest BCUT2D eigenvalue weighted by Crippen LogP contribution is -2.47. The summed E-state index contributed by atoms with van der Waals surface area (Å²) in [7, 11) is 0. The standard InChI is InChI=1S/C20H32N2O2/c1-15-6-7-16(2)18(14-15)24-13-5-10-20(3,4)19(23)22-17-8-11-21-12-9-17/h6-7,14,17,21H,5,8-13H2,1-4H3,(H,22,23). The molecule has 0 spiro atoms. The lowest BCUT2D eigenvalue weighted by molar-refractivity contribution is -0.130. The van der Waals surface area contributed by atoms with Crippen molar-refractivity contribution >= 4 is 5.91 Å². The molecule has 134 valence electrons. The van der Waals surface area contributed by atoms with Crippen LogP contribution >= 0.6 is 0 Å². The summed E-state index contributed by atoms with van der Waals surface area (Å²) in [5, 5.41) is 6.54. The van der Waals surface area contributed by atoms with Crippen LogP contribution in [0, 0.1) is 19.3 Å². The van der Waals surface area contributed by atoms with Gasteiger partial charge in [0, 0.05) is 11.5 Å². The van der Waals surface area contributed by atoms with Gasteiger partial charge in [-0.3, -0.25) is 4.79 Å². The van der Waals surface area contributed by atoms with Crippen molar-refractivity contribution in [3.05, 3.63) is 29.3 Å². The van der Waals surface area contributed by atoms with Crippen molar-refractivity contribution in [2.24, 2.45) is 5.41 Å². The van der Waals surface area contributed by atoms with Crippen molar-refractivity contribution in [2.45, 2.75) is 59.4 Å². The molecule has 24 heavy (non-hydrogen) atoms. The first kappa shape index (κ1) is 18.8. The Hall–Kier alpha value is -1.55. The first-order chi connectivity index (χ1) is 11.4. The van der Waals surface area contributed by atoms with E-state index in [1.54, 1.807) is 0 Å². The molecule has 0 bridgehead atoms. The highest BCUT2D eigenvalue weighted by Crippen LogP contribution is 2.24. The molecule has 1 aromatic carbocycles. The van der Waals surface area contributed by atoms with Gasteiger partial charge in [0.05, 0.1) is 6.61 Å². The summed E-state index contributed by atoms with van der Waals surface area (Å²) in [6.45, 7) is 10.8. The zero-order valence-electron chi connectivity index (χ0n) is 15.6. The van der Waals surface area contributed by atoms with Crippen LogP contribution in [-0.4, -0.2) is 31.6 Å². The third-order valence-corrected chi connectivity index (χ3v) is 4.84. The number of carbonyl (C=O) groups excluding carboxylic acids is 1. The lowest BCUT2D eigenvalue weighted by atomic mass is 9.86. The average Bonchev–Trinajstić information content (AvgIpc) is 2.55. The smallest absolute Gasteiger partial charge is 0.225 e. The van der Waals surface area contributed by atoms with E-state index in [1.807, 2.05) is 13.8 Å². The summed E-state index contributed by atoms with van der Waals surface area (Å²) in [6, 6.07) is 6.58. The van der Waals surface area contributed by atoms with E-state index in [-0.39, 0.29) is 11.3 Å². The fourth-order valence-corrected chi connectivity index (χ4v) is 3.02. The zero-order valence-corrected chi connectivity index (χ0v) is 15.6. The third kappa shape index (κ3) is 5.52. The molecule has 1 heterocycles. The van der Waals surface area contributed by atoms with Crippen molar-refractivity contribution in [3.8, 4) is 5.75 Å². The first-order valence-corrected chi connectivity index (χ1v) is 9.10. The van der Waals surface area contributed by atoms with E-state index in [4.69, 9.17) is 4.74 Å². The number of hydrogen-bond acceptors (Lipinski definition) is 3. The predicted octanol–water partition coefficient (Wildman–Crippen LogP) is 3.36. The lowest BCUT2D eigenvalue weighted by Gasteiger charge is -2.29. The molecule has 0 atom stereocenters. The third-order valence-electron chi connectivity index (χ3n) is 4.84. The number of ether oxygens (including phenoxy) is 1. The Kier molecular flexibility index (Phi) is 6.67. The van der Waals surface area contributed by atoms with E-state index < -0.39 is 0 Å². The molecule has 0 aromatic heterocycles. The fraction of sp³-hybridized carbons (Fsp3) is 0.650. The van der Waals surface area contributed by atoms with E-state index in [9.17, 15) is 4.79 Å². The monoisotopic (exact) mass is 332 g/mol. The van der Waals surface area contributed by atoms with Crippen LogP contribution in [0.4, 0.5) is 0 Å². The Bertz CT molecular complexity index is 549. The summed E-state index contributed by atoms with van der Waals surface area (Å²) < 4.78 is 5.90. The maximum Gasteiger partial charge on any atom is 0.225 e. The highest BCUT2D eigenvalue weighted by molar-refractivity contribution is 5.82. The minimum atomic E-state index is -0.351. The molecule has 4 heteroatoms. The highest BCUT2D eigenvalue weighted by atomic mass is 16.5. The van der Waals surface area contributed by atoms with Gasteiger partial charge in [-0.25, -0.2) is 0 Å².